The zero-order valence-corrected chi connectivity index (χ0v) is 31.1. The van der Waals surface area contributed by atoms with E-state index in [1.807, 2.05) is 56.3 Å². The van der Waals surface area contributed by atoms with E-state index in [1.54, 1.807) is 73.3 Å². The molecular weight excluding hydrogens is 674 g/mol. The molecule has 1 aliphatic heterocycles. The second-order valence-electron chi connectivity index (χ2n) is 13.7. The highest BCUT2D eigenvalue weighted by Crippen LogP contribution is 2.29. The van der Waals surface area contributed by atoms with Gasteiger partial charge in [0.25, 0.3) is 5.91 Å². The molecule has 4 aromatic carbocycles. The van der Waals surface area contributed by atoms with E-state index in [-0.39, 0.29) is 49.2 Å². The molecule has 12 heteroatoms. The largest absolute Gasteiger partial charge is 0.497 e. The lowest BCUT2D eigenvalue weighted by atomic mass is 10.0. The number of aliphatic hydroxyl groups is 1. The molecule has 4 atom stereocenters. The molecule has 282 valence electrons. The van der Waals surface area contributed by atoms with Crippen molar-refractivity contribution < 1.29 is 33.7 Å². The number of hydrogen-bond acceptors (Lipinski definition) is 7. The fourth-order valence-corrected chi connectivity index (χ4v) is 6.33. The predicted octanol–water partition coefficient (Wildman–Crippen LogP) is 7.45. The second-order valence-corrected chi connectivity index (χ2v) is 13.7. The molecule has 1 aliphatic rings. The van der Waals surface area contributed by atoms with Crippen LogP contribution in [0.4, 0.5) is 26.7 Å². The summed E-state index contributed by atoms with van der Waals surface area (Å²) in [5, 5.41) is 20.9. The van der Waals surface area contributed by atoms with Crippen molar-refractivity contribution in [2.24, 2.45) is 5.92 Å². The molecule has 5 amide bonds. The van der Waals surface area contributed by atoms with Crippen molar-refractivity contribution >= 4 is 45.8 Å². The Balaban J connectivity index is 1.36. The van der Waals surface area contributed by atoms with Gasteiger partial charge in [0.15, 0.2) is 0 Å². The van der Waals surface area contributed by atoms with E-state index in [0.29, 0.717) is 35.2 Å². The summed E-state index contributed by atoms with van der Waals surface area (Å²) in [7, 11) is 3.29. The van der Waals surface area contributed by atoms with E-state index in [1.165, 1.54) is 0 Å². The van der Waals surface area contributed by atoms with Crippen molar-refractivity contribution in [1.82, 2.24) is 9.80 Å². The van der Waals surface area contributed by atoms with Gasteiger partial charge in [-0.05, 0) is 87.0 Å². The molecule has 0 saturated carbocycles. The Morgan fingerprint density at radius 1 is 0.962 bits per heavy atom. The van der Waals surface area contributed by atoms with E-state index in [0.717, 1.165) is 30.0 Å². The van der Waals surface area contributed by atoms with Gasteiger partial charge in [-0.1, -0.05) is 43.3 Å². The van der Waals surface area contributed by atoms with Crippen molar-refractivity contribution in [2.75, 3.05) is 56.4 Å². The number of amides is 5. The summed E-state index contributed by atoms with van der Waals surface area (Å²) in [6.07, 6.45) is 1.73. The molecular formula is C41H51N5O7. The number of fused-ring (bicyclic) bond motifs is 2. The third kappa shape index (κ3) is 10.4. The van der Waals surface area contributed by atoms with Crippen LogP contribution < -0.4 is 25.4 Å². The van der Waals surface area contributed by atoms with Crippen molar-refractivity contribution in [3.8, 4) is 11.5 Å². The molecule has 4 aromatic rings. The van der Waals surface area contributed by atoms with E-state index in [9.17, 15) is 19.5 Å². The minimum absolute atomic E-state index is 0.204. The maximum Gasteiger partial charge on any atom is 0.323 e. The summed E-state index contributed by atoms with van der Waals surface area (Å²) in [6, 6.07) is 24.3. The Labute approximate surface area is 311 Å². The molecule has 0 bridgehead atoms. The summed E-state index contributed by atoms with van der Waals surface area (Å²) in [5.74, 6) is 0.487. The van der Waals surface area contributed by atoms with Gasteiger partial charge in [-0.3, -0.25) is 4.79 Å². The van der Waals surface area contributed by atoms with Crippen molar-refractivity contribution in [3.05, 3.63) is 90.5 Å². The third-order valence-electron chi connectivity index (χ3n) is 9.49. The van der Waals surface area contributed by atoms with E-state index >= 15 is 0 Å². The zero-order chi connectivity index (χ0) is 37.9. The molecule has 4 N–H and O–H groups in total. The van der Waals surface area contributed by atoms with E-state index < -0.39 is 18.2 Å². The van der Waals surface area contributed by atoms with Crippen LogP contribution in [-0.2, 0) is 4.74 Å². The maximum atomic E-state index is 14.5. The second kappa shape index (κ2) is 18.4. The molecule has 1 heterocycles. The van der Waals surface area contributed by atoms with E-state index in [2.05, 4.69) is 16.0 Å². The zero-order valence-electron chi connectivity index (χ0n) is 31.1. The lowest BCUT2D eigenvalue weighted by Gasteiger charge is -2.35. The number of urea groups is 2. The van der Waals surface area contributed by atoms with Gasteiger partial charge < -0.3 is 45.1 Å². The van der Waals surface area contributed by atoms with Crippen molar-refractivity contribution in [2.45, 2.75) is 58.3 Å². The third-order valence-corrected chi connectivity index (χ3v) is 9.49. The molecule has 53 heavy (non-hydrogen) atoms. The average molecular weight is 726 g/mol. The lowest BCUT2D eigenvalue weighted by molar-refractivity contribution is -0.0115. The summed E-state index contributed by atoms with van der Waals surface area (Å²) >= 11 is 0. The quantitative estimate of drug-likeness (QED) is 0.148. The van der Waals surface area contributed by atoms with Crippen LogP contribution in [0.5, 0.6) is 11.5 Å². The van der Waals surface area contributed by atoms with Gasteiger partial charge >= 0.3 is 12.1 Å². The highest BCUT2D eigenvalue weighted by atomic mass is 16.5. The number of carbonyl (C=O) groups is 3. The Bertz CT molecular complexity index is 1850. The van der Waals surface area contributed by atoms with Crippen LogP contribution in [0.15, 0.2) is 84.9 Å². The molecule has 12 nitrogen and oxygen atoms in total. The Hall–Kier alpha value is -5.33. The topological polar surface area (TPSA) is 142 Å². The summed E-state index contributed by atoms with van der Waals surface area (Å²) in [4.78, 5) is 44.1. The number of rotatable bonds is 8. The Kier molecular flexibility index (Phi) is 13.5. The monoisotopic (exact) mass is 725 g/mol. The van der Waals surface area contributed by atoms with Crippen LogP contribution >= 0.6 is 0 Å². The van der Waals surface area contributed by atoms with Crippen molar-refractivity contribution in [1.29, 1.82) is 0 Å². The number of ether oxygens (including phenoxy) is 3. The average Bonchev–Trinajstić information content (AvgIpc) is 3.16. The van der Waals surface area contributed by atoms with Crippen LogP contribution in [0, 0.1) is 5.92 Å². The Morgan fingerprint density at radius 3 is 2.45 bits per heavy atom. The molecule has 0 radical (unpaired) electrons. The van der Waals surface area contributed by atoms with E-state index in [4.69, 9.17) is 14.2 Å². The molecule has 0 unspecified atom stereocenters. The first kappa shape index (κ1) is 38.9. The van der Waals surface area contributed by atoms with Crippen molar-refractivity contribution in [3.63, 3.8) is 0 Å². The number of aliphatic hydroxyl groups excluding tert-OH is 1. The normalized spacial score (nSPS) is 18.9. The number of hydrogen-bond donors (Lipinski definition) is 4. The molecule has 0 fully saturated rings. The number of carbonyl (C=O) groups excluding carboxylic acids is 3. The van der Waals surface area contributed by atoms with Crippen LogP contribution in [0.2, 0.25) is 0 Å². The Morgan fingerprint density at radius 2 is 1.70 bits per heavy atom. The number of nitrogens with zero attached hydrogens (tertiary/aromatic N) is 2. The fraction of sp³-hybridized carbons (Fsp3) is 0.390. The first-order valence-corrected chi connectivity index (χ1v) is 18.1. The maximum absolute atomic E-state index is 14.5. The standard InChI is InChI=1S/C41H51N5O7/c1-27-24-46(28(2)26-47)39(48)35-23-32(42-40(49)44-36-15-10-13-30-12-6-7-14-34(30)36)18-21-37(35)53-29(3)11-8-9-22-52-38(27)25-45(4)41(50)43-31-16-19-33(51-5)20-17-31/h6-7,10,12-21,23,27-29,38,47H,8-9,11,22,24-26H2,1-5H3,(H,43,50)(H2,42,44,49)/t27-,28+,29+,38-/m1/s1. The molecule has 5 rings (SSSR count). The van der Waals surface area contributed by atoms with Gasteiger partial charge in [-0.2, -0.15) is 0 Å². The van der Waals surface area contributed by atoms with Gasteiger partial charge in [-0.15, -0.1) is 0 Å². The van der Waals surface area contributed by atoms with Gasteiger partial charge in [-0.25, -0.2) is 9.59 Å². The summed E-state index contributed by atoms with van der Waals surface area (Å²) in [5.41, 5.74) is 1.95. The number of anilines is 3. The van der Waals surface area contributed by atoms with Gasteiger partial charge in [0.2, 0.25) is 0 Å². The van der Waals surface area contributed by atoms with Gasteiger partial charge in [0.1, 0.15) is 11.5 Å². The van der Waals surface area contributed by atoms with Crippen LogP contribution in [0.3, 0.4) is 0 Å². The molecule has 0 aliphatic carbocycles. The van der Waals surface area contributed by atoms with Crippen LogP contribution in [0.25, 0.3) is 10.8 Å². The van der Waals surface area contributed by atoms with Gasteiger partial charge in [0.05, 0.1) is 43.2 Å². The van der Waals surface area contributed by atoms with Crippen LogP contribution in [0.1, 0.15) is 50.4 Å². The molecule has 0 aromatic heterocycles. The van der Waals surface area contributed by atoms with Gasteiger partial charge in [0, 0.05) is 49.4 Å². The highest BCUT2D eigenvalue weighted by molar-refractivity contribution is 6.07. The number of methoxy groups -OCH3 is 1. The number of benzene rings is 4. The SMILES string of the molecule is COc1ccc(NC(=O)N(C)C[C@H]2OCCCC[C@H](C)Oc3ccc(NC(=O)Nc4cccc5ccccc45)cc3C(=O)N([C@@H](C)CO)C[C@H]2C)cc1. The minimum Gasteiger partial charge on any atom is -0.497 e. The predicted molar refractivity (Wildman–Crippen MR) is 208 cm³/mol. The fourth-order valence-electron chi connectivity index (χ4n) is 6.33. The first-order chi connectivity index (χ1) is 25.6. The van der Waals surface area contributed by atoms with Crippen LogP contribution in [-0.4, -0.2) is 91.6 Å². The smallest absolute Gasteiger partial charge is 0.323 e. The molecule has 0 saturated heterocycles. The number of nitrogens with one attached hydrogen (secondary N) is 3. The first-order valence-electron chi connectivity index (χ1n) is 18.1. The summed E-state index contributed by atoms with van der Waals surface area (Å²) in [6.45, 7) is 6.42. The highest BCUT2D eigenvalue weighted by Gasteiger charge is 2.31. The molecule has 0 spiro atoms. The number of likely N-dealkylation sites (N-methyl/N-ethyl adjacent to an activating group) is 1. The minimum atomic E-state index is -0.550. The lowest BCUT2D eigenvalue weighted by Crippen LogP contribution is -2.48. The summed E-state index contributed by atoms with van der Waals surface area (Å²) < 4.78 is 18.0.